The van der Waals surface area contributed by atoms with Crippen LogP contribution in [-0.2, 0) is 35.2 Å². The highest BCUT2D eigenvalue weighted by Gasteiger charge is 2.45. The molecule has 3 fully saturated rings. The fourth-order valence-corrected chi connectivity index (χ4v) is 7.43. The van der Waals surface area contributed by atoms with Crippen molar-refractivity contribution in [2.75, 3.05) is 26.2 Å². The number of unbranched alkanes of at least 4 members (excludes halogenated alkanes) is 2. The Bertz CT molecular complexity index is 1530. The number of phenolic OH excluding ortho intramolecular Hbond substituents is 1. The molecule has 1 aromatic rings. The van der Waals surface area contributed by atoms with Gasteiger partial charge in [-0.05, 0) is 76.6 Å². The van der Waals surface area contributed by atoms with Gasteiger partial charge < -0.3 is 62.5 Å². The molecule has 3 aliphatic rings. The molecule has 0 radical (unpaired) electrons. The Balaban J connectivity index is 1.70. The summed E-state index contributed by atoms with van der Waals surface area (Å²) in [6, 6.07) is -1.82. The fourth-order valence-electron chi connectivity index (χ4n) is 7.43. The standard InChI is InChI=1S/C38H60N8O10/c1-4-5-6-15-40-27-8-7-16-41-35(53)29-17-24(39)19-45(29)37(55)31(21(2)47)44-34(52)28(14-11-23-9-12-25(49)13-10-23)42-36(54)30-18-26(50)20-46(30)38(56)32(22(3)48)43-33(27)51/h9-10,12-13,21-22,24,26-32,40,47-50H,4-8,11,14-20,39H2,1-3H3,(H,41,53)(H,42,54)(H,43,51)(H,44,52)/t21-,22-,24+,26-,27+,28+,29+,30+,31+,32+/m1/s1. The molecule has 3 saturated heterocycles. The summed E-state index contributed by atoms with van der Waals surface area (Å²) in [5.41, 5.74) is 6.92. The minimum atomic E-state index is -1.53. The van der Waals surface area contributed by atoms with Crippen LogP contribution in [0.4, 0.5) is 0 Å². The van der Waals surface area contributed by atoms with E-state index in [2.05, 4.69) is 26.6 Å². The van der Waals surface area contributed by atoms with Gasteiger partial charge in [-0.25, -0.2) is 0 Å². The highest BCUT2D eigenvalue weighted by atomic mass is 16.3. The highest BCUT2D eigenvalue weighted by molar-refractivity contribution is 5.97. The average molecular weight is 789 g/mol. The molecule has 4 rings (SSSR count). The molecule has 0 bridgehead atoms. The van der Waals surface area contributed by atoms with Gasteiger partial charge in [0.05, 0.1) is 24.4 Å². The van der Waals surface area contributed by atoms with Crippen molar-refractivity contribution in [3.63, 3.8) is 0 Å². The van der Waals surface area contributed by atoms with Crippen LogP contribution in [0.3, 0.4) is 0 Å². The number of amides is 6. The number of aliphatic hydroxyl groups excluding tert-OH is 3. The van der Waals surface area contributed by atoms with E-state index in [-0.39, 0.29) is 57.5 Å². The summed E-state index contributed by atoms with van der Waals surface area (Å²) in [6.07, 6.45) is -0.613. The Labute approximate surface area is 327 Å². The van der Waals surface area contributed by atoms with Gasteiger partial charge >= 0.3 is 0 Å². The molecular formula is C38H60N8O10. The number of nitrogens with zero attached hydrogens (tertiary/aromatic N) is 2. The first-order chi connectivity index (χ1) is 26.6. The fraction of sp³-hybridized carbons (Fsp3) is 0.684. The number of fused-ring (bicyclic) bond motifs is 2. The van der Waals surface area contributed by atoms with Gasteiger partial charge in [0, 0.05) is 32.1 Å². The highest BCUT2D eigenvalue weighted by Crippen LogP contribution is 2.23. The number of rotatable bonds is 10. The first kappa shape index (κ1) is 44.4. The molecule has 3 aliphatic heterocycles. The van der Waals surface area contributed by atoms with Crippen molar-refractivity contribution in [1.29, 1.82) is 0 Å². The van der Waals surface area contributed by atoms with Gasteiger partial charge in [0.2, 0.25) is 35.4 Å². The maximum Gasteiger partial charge on any atom is 0.248 e. The predicted octanol–water partition coefficient (Wildman–Crippen LogP) is -2.51. The van der Waals surface area contributed by atoms with Crippen molar-refractivity contribution in [3.05, 3.63) is 29.8 Å². The Morgan fingerprint density at radius 3 is 2.05 bits per heavy atom. The number of aryl methyl sites for hydroxylation is 1. The van der Waals surface area contributed by atoms with Crippen molar-refractivity contribution in [2.45, 2.75) is 139 Å². The molecule has 0 saturated carbocycles. The summed E-state index contributed by atoms with van der Waals surface area (Å²) in [6.45, 7) is 5.01. The van der Waals surface area contributed by atoms with Crippen molar-refractivity contribution < 1.29 is 49.2 Å². The van der Waals surface area contributed by atoms with Crippen LogP contribution in [0.1, 0.15) is 77.7 Å². The Morgan fingerprint density at radius 1 is 0.821 bits per heavy atom. The normalized spacial score (nSPS) is 30.0. The average Bonchev–Trinajstić information content (AvgIpc) is 3.75. The maximum absolute atomic E-state index is 14.0. The van der Waals surface area contributed by atoms with E-state index in [1.54, 1.807) is 12.1 Å². The zero-order valence-corrected chi connectivity index (χ0v) is 32.5. The number of nitrogens with one attached hydrogen (secondary N) is 5. The largest absolute Gasteiger partial charge is 0.508 e. The summed E-state index contributed by atoms with van der Waals surface area (Å²) in [5, 5.41) is 55.9. The first-order valence-electron chi connectivity index (χ1n) is 19.7. The second kappa shape index (κ2) is 20.7. The third-order valence-corrected chi connectivity index (χ3v) is 10.6. The summed E-state index contributed by atoms with van der Waals surface area (Å²) in [5.74, 6) is -4.24. The zero-order valence-electron chi connectivity index (χ0n) is 32.5. The van der Waals surface area contributed by atoms with Crippen LogP contribution in [0.25, 0.3) is 0 Å². The lowest BCUT2D eigenvalue weighted by Gasteiger charge is -2.32. The number of benzene rings is 1. The van der Waals surface area contributed by atoms with E-state index in [0.717, 1.165) is 24.2 Å². The maximum atomic E-state index is 14.0. The van der Waals surface area contributed by atoms with Gasteiger partial charge in [0.25, 0.3) is 0 Å². The third-order valence-electron chi connectivity index (χ3n) is 10.6. The SMILES string of the molecule is CCCCCN[C@H]1CCCNC(=O)[C@@H]2C[C@H](N)CN2C(=O)[C@H]([C@@H](C)O)NC(=O)[C@H](CCc2ccc(O)cc2)NC(=O)[C@@H]2C[C@@H](O)CN2C(=O)[C@H]([C@@H](C)O)NC1=O. The molecule has 3 heterocycles. The number of carbonyl (C=O) groups is 6. The minimum Gasteiger partial charge on any atom is -0.508 e. The molecular weight excluding hydrogens is 728 g/mol. The molecule has 18 heteroatoms. The number of aromatic hydroxyl groups is 1. The number of hydrogen-bond donors (Lipinski definition) is 10. The van der Waals surface area contributed by atoms with Crippen LogP contribution in [0.15, 0.2) is 24.3 Å². The third kappa shape index (κ3) is 11.8. The van der Waals surface area contributed by atoms with Gasteiger partial charge in [-0.2, -0.15) is 0 Å². The number of hydrogen-bond acceptors (Lipinski definition) is 12. The van der Waals surface area contributed by atoms with E-state index < -0.39 is 96.0 Å². The Hall–Kier alpha value is -4.36. The molecule has 18 nitrogen and oxygen atoms in total. The lowest BCUT2D eigenvalue weighted by atomic mass is 10.0. The molecule has 11 N–H and O–H groups in total. The van der Waals surface area contributed by atoms with Gasteiger partial charge in [-0.3, -0.25) is 28.8 Å². The monoisotopic (exact) mass is 788 g/mol. The topological polar surface area (TPSA) is 276 Å². The number of aliphatic hydroxyl groups is 3. The van der Waals surface area contributed by atoms with Gasteiger partial charge in [0.1, 0.15) is 36.0 Å². The van der Waals surface area contributed by atoms with Crippen LogP contribution in [0, 0.1) is 0 Å². The van der Waals surface area contributed by atoms with E-state index in [9.17, 15) is 49.2 Å². The molecule has 6 amide bonds. The Kier molecular flexibility index (Phi) is 16.4. The summed E-state index contributed by atoms with van der Waals surface area (Å²) in [7, 11) is 0. The molecule has 56 heavy (non-hydrogen) atoms. The summed E-state index contributed by atoms with van der Waals surface area (Å²) < 4.78 is 0. The molecule has 0 unspecified atom stereocenters. The van der Waals surface area contributed by atoms with Crippen LogP contribution in [0.2, 0.25) is 0 Å². The van der Waals surface area contributed by atoms with Crippen LogP contribution < -0.4 is 32.3 Å². The molecule has 10 atom stereocenters. The van der Waals surface area contributed by atoms with Gasteiger partial charge in [0.15, 0.2) is 0 Å². The predicted molar refractivity (Wildman–Crippen MR) is 203 cm³/mol. The minimum absolute atomic E-state index is 0.0146. The molecule has 0 spiro atoms. The van der Waals surface area contributed by atoms with E-state index >= 15 is 0 Å². The lowest BCUT2D eigenvalue weighted by Crippen LogP contribution is -2.61. The number of phenols is 1. The second-order valence-electron chi connectivity index (χ2n) is 15.3. The molecule has 312 valence electrons. The van der Waals surface area contributed by atoms with E-state index in [4.69, 9.17) is 5.73 Å². The quantitative estimate of drug-likeness (QED) is 0.110. The second-order valence-corrected chi connectivity index (χ2v) is 15.3. The van der Waals surface area contributed by atoms with Crippen LogP contribution in [-0.4, -0.2) is 152 Å². The molecule has 0 aromatic heterocycles. The number of nitrogens with two attached hydrogens (primary N) is 1. The summed E-state index contributed by atoms with van der Waals surface area (Å²) >= 11 is 0. The van der Waals surface area contributed by atoms with E-state index in [0.29, 0.717) is 18.5 Å². The van der Waals surface area contributed by atoms with Gasteiger partial charge in [-0.15, -0.1) is 0 Å². The first-order valence-corrected chi connectivity index (χ1v) is 19.7. The molecule has 1 aromatic carbocycles. The Morgan fingerprint density at radius 2 is 1.43 bits per heavy atom. The van der Waals surface area contributed by atoms with E-state index in [1.807, 2.05) is 6.92 Å². The van der Waals surface area contributed by atoms with Crippen molar-refractivity contribution in [1.82, 2.24) is 36.4 Å². The van der Waals surface area contributed by atoms with Crippen molar-refractivity contribution in [3.8, 4) is 5.75 Å². The smallest absolute Gasteiger partial charge is 0.248 e. The van der Waals surface area contributed by atoms with Crippen LogP contribution in [0.5, 0.6) is 5.75 Å². The van der Waals surface area contributed by atoms with Crippen LogP contribution >= 0.6 is 0 Å². The molecule has 0 aliphatic carbocycles. The van der Waals surface area contributed by atoms with Gasteiger partial charge in [-0.1, -0.05) is 31.9 Å². The summed E-state index contributed by atoms with van der Waals surface area (Å²) in [4.78, 5) is 85.6. The van der Waals surface area contributed by atoms with Crippen molar-refractivity contribution in [2.24, 2.45) is 5.73 Å². The zero-order chi connectivity index (χ0) is 41.1. The van der Waals surface area contributed by atoms with Crippen molar-refractivity contribution >= 4 is 35.4 Å². The lowest BCUT2D eigenvalue weighted by molar-refractivity contribution is -0.145. The number of carbonyl (C=O) groups excluding carboxylic acids is 6. The van der Waals surface area contributed by atoms with E-state index in [1.165, 1.54) is 30.9 Å².